The maximum absolute atomic E-state index is 16.4. The molecule has 0 radical (unpaired) electrons. The average Bonchev–Trinajstić information content (AvgIpc) is 2.49. The van der Waals surface area contributed by atoms with Crippen molar-refractivity contribution in [3.63, 3.8) is 0 Å². The van der Waals surface area contributed by atoms with Crippen LogP contribution in [0.25, 0.3) is 90.9 Å². The topological polar surface area (TPSA) is 316 Å². The Balaban J connectivity index is 1.65. The maximum atomic E-state index is 16.4. The number of hydrogen-bond acceptors (Lipinski definition) is 14. The fraction of sp³-hybridized carbons (Fsp3) is 0.214. The molecular weight excluding hydrogens is 1100 g/mol. The summed E-state index contributed by atoms with van der Waals surface area (Å²) in [4.78, 5) is 89.2. The minimum absolute atomic E-state index is 0.0882. The smallest absolute Gasteiger partial charge is 0.284 e. The molecule has 0 spiro atoms. The van der Waals surface area contributed by atoms with Crippen molar-refractivity contribution in [1.82, 2.24) is 19.9 Å². The summed E-state index contributed by atoms with van der Waals surface area (Å²) in [6, 6.07) is 10.7. The second kappa shape index (κ2) is 20.0. The zero-order chi connectivity index (χ0) is 61.0. The van der Waals surface area contributed by atoms with Crippen LogP contribution in [0.2, 0.25) is 0 Å². The van der Waals surface area contributed by atoms with Crippen molar-refractivity contribution in [2.45, 2.75) is 78.6 Å². The summed E-state index contributed by atoms with van der Waals surface area (Å²) >= 11 is 0. The van der Waals surface area contributed by atoms with Gasteiger partial charge in [-0.3, -0.25) is 60.7 Å². The van der Waals surface area contributed by atoms with E-state index in [0.717, 1.165) is 78.9 Å². The van der Waals surface area contributed by atoms with Crippen molar-refractivity contribution >= 4 is 80.5 Å². The first-order chi connectivity index (χ1) is 38.6. The second-order valence-electron chi connectivity index (χ2n) is 22.4. The van der Waals surface area contributed by atoms with E-state index in [1.807, 2.05) is 0 Å². The largest absolute Gasteiger partial charge is 0.354 e. The third-order valence-electron chi connectivity index (χ3n) is 14.0. The van der Waals surface area contributed by atoms with Gasteiger partial charge in [-0.05, 0) is 81.5 Å². The Morgan fingerprint density at radius 3 is 0.711 bits per heavy atom. The number of hydrogen-bond donors (Lipinski definition) is 2. The Bertz CT molecular complexity index is 4150. The molecule has 3 aromatic heterocycles. The van der Waals surface area contributed by atoms with Crippen molar-refractivity contribution in [1.29, 1.82) is 0 Å². The number of halogens is 5. The van der Waals surface area contributed by atoms with Crippen molar-refractivity contribution in [3.05, 3.63) is 190 Å². The maximum Gasteiger partial charge on any atom is 0.284 e. The van der Waals surface area contributed by atoms with E-state index in [0.29, 0.717) is 0 Å². The average molecular weight is 1140 g/mol. The summed E-state index contributed by atoms with van der Waals surface area (Å²) in [7, 11) is 0. The molecule has 0 amide bonds. The zero-order valence-electron chi connectivity index (χ0n) is 44.9. The second-order valence-corrected chi connectivity index (χ2v) is 22.4. The number of fused-ring (bicyclic) bond motifs is 8. The van der Waals surface area contributed by atoms with Gasteiger partial charge in [-0.15, -0.1) is 0 Å². The number of aromatic amines is 2. The summed E-state index contributed by atoms with van der Waals surface area (Å²) in [5.41, 5.74) is -18.3. The highest BCUT2D eigenvalue weighted by Crippen LogP contribution is 2.51. The van der Waals surface area contributed by atoms with Gasteiger partial charge in [0.15, 0.2) is 23.3 Å². The third-order valence-corrected chi connectivity index (χ3v) is 14.0. The molecule has 2 aliphatic rings. The van der Waals surface area contributed by atoms with Gasteiger partial charge >= 0.3 is 0 Å². The monoisotopic (exact) mass is 1140 g/mol. The van der Waals surface area contributed by atoms with Crippen LogP contribution in [-0.2, 0) is 16.2 Å². The minimum Gasteiger partial charge on any atom is -0.354 e. The van der Waals surface area contributed by atoms with Crippen LogP contribution >= 0.6 is 0 Å². The van der Waals surface area contributed by atoms with Crippen LogP contribution in [0.3, 0.4) is 0 Å². The first-order valence-electron chi connectivity index (χ1n) is 24.7. The molecule has 0 saturated heterocycles. The molecule has 2 N–H and O–H groups in total. The first kappa shape index (κ1) is 57.2. The molecule has 4 aromatic carbocycles. The number of aromatic nitrogens is 4. The van der Waals surface area contributed by atoms with Crippen molar-refractivity contribution < 1.29 is 51.5 Å². The van der Waals surface area contributed by atoms with Crippen LogP contribution in [0, 0.1) is 89.8 Å². The van der Waals surface area contributed by atoms with Gasteiger partial charge in [0.25, 0.3) is 34.1 Å². The van der Waals surface area contributed by atoms with Crippen molar-refractivity contribution in [3.8, 4) is 44.5 Å². The predicted molar refractivity (Wildman–Crippen MR) is 296 cm³/mol. The molecule has 2 aliphatic heterocycles. The van der Waals surface area contributed by atoms with Crippen LogP contribution in [0.4, 0.5) is 56.1 Å². The number of nitro benzene ring substituents is 6. The number of nitrogens with one attached hydrogen (secondary N) is 2. The molecule has 0 unspecified atom stereocenters. The van der Waals surface area contributed by atoms with Crippen molar-refractivity contribution in [2.75, 3.05) is 0 Å². The third kappa shape index (κ3) is 9.83. The lowest BCUT2D eigenvalue weighted by Crippen LogP contribution is -2.13. The highest BCUT2D eigenvalue weighted by atomic mass is 19.2. The van der Waals surface area contributed by atoms with Crippen LogP contribution in [0.15, 0.2) is 60.7 Å². The molecule has 83 heavy (non-hydrogen) atoms. The Hall–Kier alpha value is -10.5. The molecule has 27 heteroatoms. The van der Waals surface area contributed by atoms with Gasteiger partial charge in [0.1, 0.15) is 16.7 Å². The number of H-pyrrole nitrogens is 2. The van der Waals surface area contributed by atoms with Gasteiger partial charge in [-0.25, -0.2) is 31.9 Å². The SMILES string of the molecule is CC(C)(C)c1cc([N+](=O)[O-])c(-c2c3nc(c(-c4c([N+](=O)[O-])cc(C(C)(C)C)cc4[N+](=O)[O-])c4ccc([nH]4)c(-c4c(F)c(F)c(F)c(F)c4F)c4nc(c(-c5c([N+](=O)[O-])cc(C(C)(C)C)cc5[N+](=O)[O-])c5ccc2[nH]5)C=C4)C=C3)c([N+](=O)[O-])c1. The molecule has 7 aromatic rings. The van der Waals surface area contributed by atoms with Gasteiger partial charge < -0.3 is 9.97 Å². The molecule has 0 atom stereocenters. The van der Waals surface area contributed by atoms with E-state index < -0.39 is 187 Å². The van der Waals surface area contributed by atoms with Crippen LogP contribution in [0.5, 0.6) is 0 Å². The Morgan fingerprint density at radius 2 is 0.518 bits per heavy atom. The standard InChI is InChI=1S/C56H43F5N10O12/c1-54(2,3)24-18-35(66(72)73)45(36(19-24)67(74)75)41-27-10-12-29(62-27)42(46-37(68(76)77)20-25(55(4,5)6)21-38(46)69(78)79)31-14-16-33(64-31)44(48-49(57)51(59)53(61)52(60)50(48)58)34-17-15-32(65-34)43(30-13-11-28(41)63-30)47-39(70(80)81)22-26(56(7,8)9)23-40(47)71(82)83/h10-23,62,65H,1-9H3. The Morgan fingerprint density at radius 1 is 0.325 bits per heavy atom. The summed E-state index contributed by atoms with van der Waals surface area (Å²) in [5, 5.41) is 79.9. The molecule has 22 nitrogen and oxygen atoms in total. The Labute approximate surface area is 463 Å². The van der Waals surface area contributed by atoms with E-state index in [1.54, 1.807) is 62.3 Å². The van der Waals surface area contributed by atoms with E-state index in [9.17, 15) is 65.1 Å². The minimum atomic E-state index is -2.57. The zero-order valence-corrected chi connectivity index (χ0v) is 44.9. The van der Waals surface area contributed by atoms with E-state index in [-0.39, 0.29) is 27.7 Å². The number of nitrogens with zero attached hydrogens (tertiary/aromatic N) is 8. The molecule has 9 rings (SSSR count). The number of nitro groups is 6. The van der Waals surface area contributed by atoms with Crippen LogP contribution in [0.1, 0.15) is 102 Å². The fourth-order valence-corrected chi connectivity index (χ4v) is 9.85. The van der Waals surface area contributed by atoms with E-state index in [4.69, 9.17) is 4.98 Å². The number of benzene rings is 4. The highest BCUT2D eigenvalue weighted by molar-refractivity contribution is 6.05. The lowest BCUT2D eigenvalue weighted by atomic mass is 9.84. The lowest BCUT2D eigenvalue weighted by molar-refractivity contribution is -0.393. The molecule has 0 fully saturated rings. The van der Waals surface area contributed by atoms with Gasteiger partial charge in [0, 0.05) is 80.7 Å². The summed E-state index contributed by atoms with van der Waals surface area (Å²) < 4.78 is 78.6. The molecule has 424 valence electrons. The Kier molecular flexibility index (Phi) is 13.8. The van der Waals surface area contributed by atoms with E-state index >= 15 is 17.6 Å². The highest BCUT2D eigenvalue weighted by Gasteiger charge is 2.39. The van der Waals surface area contributed by atoms with Crippen molar-refractivity contribution in [2.24, 2.45) is 0 Å². The quantitative estimate of drug-likeness (QED) is 0.0423. The fourth-order valence-electron chi connectivity index (χ4n) is 9.85. The van der Waals surface area contributed by atoms with Crippen LogP contribution < -0.4 is 0 Å². The van der Waals surface area contributed by atoms with Gasteiger partial charge in [-0.2, -0.15) is 0 Å². The molecular formula is C56H43F5N10O12. The first-order valence-corrected chi connectivity index (χ1v) is 24.7. The van der Waals surface area contributed by atoms with E-state index in [1.165, 1.54) is 6.07 Å². The summed E-state index contributed by atoms with van der Waals surface area (Å²) in [6.45, 7) is 14.5. The summed E-state index contributed by atoms with van der Waals surface area (Å²) in [6.07, 6.45) is 4.26. The predicted octanol–water partition coefficient (Wildman–Crippen LogP) is 15.4. The molecule has 0 aliphatic carbocycles. The lowest BCUT2D eigenvalue weighted by Gasteiger charge is -2.19. The molecule has 5 heterocycles. The van der Waals surface area contributed by atoms with Gasteiger partial charge in [0.05, 0.1) is 57.9 Å². The van der Waals surface area contributed by atoms with Crippen LogP contribution in [-0.4, -0.2) is 49.5 Å². The van der Waals surface area contributed by atoms with Gasteiger partial charge in [0.2, 0.25) is 5.82 Å². The molecule has 8 bridgehead atoms. The van der Waals surface area contributed by atoms with E-state index in [2.05, 4.69) is 15.0 Å². The normalized spacial score (nSPS) is 12.5. The summed E-state index contributed by atoms with van der Waals surface area (Å²) in [5.74, 6) is -12.3. The molecule has 0 saturated carbocycles. The number of rotatable bonds is 10. The van der Waals surface area contributed by atoms with Gasteiger partial charge in [-0.1, -0.05) is 62.3 Å².